The molecule has 0 bridgehead atoms. The molecule has 1 amide bonds. The molecule has 1 aromatic carbocycles. The zero-order chi connectivity index (χ0) is 27.5. The van der Waals surface area contributed by atoms with Crippen molar-refractivity contribution in [2.24, 2.45) is 0 Å². The normalized spacial score (nSPS) is 15.6. The highest BCUT2D eigenvalue weighted by Crippen LogP contribution is 2.35. The Hall–Kier alpha value is -2.80. The van der Waals surface area contributed by atoms with E-state index in [1.165, 1.54) is 6.20 Å². The van der Waals surface area contributed by atoms with Gasteiger partial charge in [-0.1, -0.05) is 32.6 Å². The van der Waals surface area contributed by atoms with E-state index < -0.39 is 18.1 Å². The fourth-order valence-corrected chi connectivity index (χ4v) is 5.89. The molecule has 0 fully saturated rings. The van der Waals surface area contributed by atoms with Gasteiger partial charge in [-0.25, -0.2) is 23.1 Å². The molecule has 0 saturated carbocycles. The van der Waals surface area contributed by atoms with Gasteiger partial charge < -0.3 is 19.4 Å². The Kier molecular flexibility index (Phi) is 8.55. The number of hydrogen-bond acceptors (Lipinski definition) is 7. The van der Waals surface area contributed by atoms with E-state index in [0.717, 1.165) is 36.3 Å². The predicted octanol–water partition coefficient (Wildman–Crippen LogP) is 4.21. The average Bonchev–Trinajstić information content (AvgIpc) is 3.39. The fourth-order valence-electron chi connectivity index (χ4n) is 4.37. The summed E-state index contributed by atoms with van der Waals surface area (Å²) in [4.78, 5) is 22.1. The summed E-state index contributed by atoms with van der Waals surface area (Å²) in [5, 5.41) is 2.91. The molecule has 1 aliphatic rings. The molecule has 38 heavy (non-hydrogen) atoms. The van der Waals surface area contributed by atoms with Crippen LogP contribution in [0.4, 0.5) is 0 Å². The number of carbonyl (C=O) groups is 1. The second-order valence-corrected chi connectivity index (χ2v) is 18.3. The Morgan fingerprint density at radius 1 is 1.26 bits per heavy atom. The van der Waals surface area contributed by atoms with Crippen molar-refractivity contribution in [3.05, 3.63) is 47.3 Å². The van der Waals surface area contributed by atoms with Crippen molar-refractivity contribution in [3.63, 3.8) is 0 Å². The van der Waals surface area contributed by atoms with Crippen LogP contribution < -0.4 is 14.8 Å². The summed E-state index contributed by atoms with van der Waals surface area (Å²) in [7, 11) is -4.56. The number of benzene rings is 1. The zero-order valence-electron chi connectivity index (χ0n) is 22.7. The van der Waals surface area contributed by atoms with Crippen molar-refractivity contribution in [1.29, 1.82) is 0 Å². The first-order valence-electron chi connectivity index (χ1n) is 12.9. The molecule has 206 valence electrons. The molecule has 0 unspecified atom stereocenters. The molecule has 2 heterocycles. The van der Waals surface area contributed by atoms with E-state index in [1.807, 2.05) is 25.1 Å². The van der Waals surface area contributed by atoms with Gasteiger partial charge in [-0.3, -0.25) is 4.79 Å². The second kappa shape index (κ2) is 11.5. The van der Waals surface area contributed by atoms with Crippen LogP contribution in [0, 0.1) is 0 Å². The smallest absolute Gasteiger partial charge is 0.255 e. The Morgan fingerprint density at radius 3 is 2.76 bits per heavy atom. The van der Waals surface area contributed by atoms with Gasteiger partial charge in [0.05, 0.1) is 18.0 Å². The van der Waals surface area contributed by atoms with Crippen LogP contribution in [-0.4, -0.2) is 56.3 Å². The number of ether oxygens (including phenoxy) is 2. The molecule has 0 spiro atoms. The van der Waals surface area contributed by atoms with Crippen LogP contribution in [0.2, 0.25) is 25.7 Å². The zero-order valence-corrected chi connectivity index (χ0v) is 24.5. The number of aromatic nitrogens is 3. The molecule has 1 atom stereocenters. The molecule has 0 saturated heterocycles. The largest absolute Gasteiger partial charge is 0.437 e. The van der Waals surface area contributed by atoms with Crippen LogP contribution in [-0.2, 0) is 27.9 Å². The minimum Gasteiger partial charge on any atom is -0.437 e. The first kappa shape index (κ1) is 28.2. The van der Waals surface area contributed by atoms with E-state index in [0.29, 0.717) is 42.0 Å². The molecule has 0 radical (unpaired) electrons. The SMILES string of the molecule is CCCNC(=O)c1cn(COCC[Si](C)(C)C)c2ncc(Oc3ccc4c(c3)[C@H](NS(C)(=O)=O)CC4)nc12. The summed E-state index contributed by atoms with van der Waals surface area (Å²) in [6, 6.07) is 6.36. The van der Waals surface area contributed by atoms with Crippen LogP contribution in [0.3, 0.4) is 0 Å². The maximum atomic E-state index is 12.9. The second-order valence-electron chi connectivity index (χ2n) is 10.9. The van der Waals surface area contributed by atoms with Crippen molar-refractivity contribution in [3.8, 4) is 11.6 Å². The molecule has 10 nitrogen and oxygen atoms in total. The minimum atomic E-state index is -3.34. The third-order valence-electron chi connectivity index (χ3n) is 6.32. The highest BCUT2D eigenvalue weighted by molar-refractivity contribution is 7.88. The summed E-state index contributed by atoms with van der Waals surface area (Å²) >= 11 is 0. The van der Waals surface area contributed by atoms with Gasteiger partial charge in [0, 0.05) is 33.5 Å². The lowest BCUT2D eigenvalue weighted by Gasteiger charge is -2.15. The van der Waals surface area contributed by atoms with E-state index in [1.54, 1.807) is 10.8 Å². The molecule has 1 aliphatic carbocycles. The van der Waals surface area contributed by atoms with Crippen molar-refractivity contribution in [2.45, 2.75) is 64.6 Å². The van der Waals surface area contributed by atoms with Gasteiger partial charge in [0.15, 0.2) is 5.65 Å². The number of fused-ring (bicyclic) bond motifs is 2. The standard InChI is InChI=1S/C26H37N5O5SSi/c1-6-11-27-26(32)21-16-31(17-35-12-13-38(3,4)5)25-24(21)29-23(15-28-25)36-19-9-7-18-8-10-22(20(18)14-19)30-37(2,33)34/h7,9,14-16,22,30H,6,8,10-13,17H2,1-5H3,(H,27,32)/t22-/m1/s1. The molecular weight excluding hydrogens is 522 g/mol. The Bertz CT molecular complexity index is 1420. The summed E-state index contributed by atoms with van der Waals surface area (Å²) in [5.74, 6) is 0.534. The van der Waals surface area contributed by atoms with Crippen molar-refractivity contribution < 1.29 is 22.7 Å². The molecular formula is C26H37N5O5SSi. The highest BCUT2D eigenvalue weighted by atomic mass is 32.2. The lowest BCUT2D eigenvalue weighted by atomic mass is 10.1. The van der Waals surface area contributed by atoms with Gasteiger partial charge in [0.2, 0.25) is 15.9 Å². The van der Waals surface area contributed by atoms with Gasteiger partial charge in [0.1, 0.15) is 18.0 Å². The topological polar surface area (TPSA) is 124 Å². The van der Waals surface area contributed by atoms with Crippen molar-refractivity contribution >= 4 is 35.2 Å². The number of hydrogen-bond donors (Lipinski definition) is 2. The number of sulfonamides is 1. The van der Waals surface area contributed by atoms with E-state index in [-0.39, 0.29) is 24.6 Å². The fraction of sp³-hybridized carbons (Fsp3) is 0.500. The van der Waals surface area contributed by atoms with E-state index in [9.17, 15) is 13.2 Å². The number of carbonyl (C=O) groups excluding carboxylic acids is 1. The molecule has 3 aromatic rings. The third kappa shape index (κ3) is 7.19. The van der Waals surface area contributed by atoms with Gasteiger partial charge in [-0.05, 0) is 48.6 Å². The highest BCUT2D eigenvalue weighted by Gasteiger charge is 2.26. The summed E-state index contributed by atoms with van der Waals surface area (Å²) < 4.78 is 40.0. The quantitative estimate of drug-likeness (QED) is 0.252. The first-order valence-corrected chi connectivity index (χ1v) is 18.5. The number of amides is 1. The summed E-state index contributed by atoms with van der Waals surface area (Å²) in [5.41, 5.74) is 3.36. The lowest BCUT2D eigenvalue weighted by molar-refractivity contribution is 0.0892. The Labute approximate surface area is 225 Å². The van der Waals surface area contributed by atoms with Gasteiger partial charge >= 0.3 is 0 Å². The van der Waals surface area contributed by atoms with Crippen LogP contribution in [0.25, 0.3) is 11.2 Å². The van der Waals surface area contributed by atoms with E-state index >= 15 is 0 Å². The number of aryl methyl sites for hydroxylation is 1. The van der Waals surface area contributed by atoms with Crippen LogP contribution >= 0.6 is 0 Å². The minimum absolute atomic E-state index is 0.226. The number of nitrogens with zero attached hydrogens (tertiary/aromatic N) is 3. The molecule has 2 aromatic heterocycles. The molecule has 12 heteroatoms. The number of nitrogens with one attached hydrogen (secondary N) is 2. The molecule has 0 aliphatic heterocycles. The van der Waals surface area contributed by atoms with E-state index in [4.69, 9.17) is 9.47 Å². The van der Waals surface area contributed by atoms with Gasteiger partial charge in [-0.2, -0.15) is 0 Å². The molecule has 2 N–H and O–H groups in total. The van der Waals surface area contributed by atoms with Crippen LogP contribution in [0.15, 0.2) is 30.6 Å². The Morgan fingerprint density at radius 2 is 2.05 bits per heavy atom. The Balaban J connectivity index is 1.59. The maximum absolute atomic E-state index is 12.9. The van der Waals surface area contributed by atoms with Crippen LogP contribution in [0.5, 0.6) is 11.6 Å². The summed E-state index contributed by atoms with van der Waals surface area (Å²) in [6.07, 6.45) is 6.71. The third-order valence-corrected chi connectivity index (χ3v) is 8.74. The monoisotopic (exact) mass is 559 g/mol. The lowest BCUT2D eigenvalue weighted by Crippen LogP contribution is -2.25. The van der Waals surface area contributed by atoms with Gasteiger partial charge in [-0.15, -0.1) is 0 Å². The summed E-state index contributed by atoms with van der Waals surface area (Å²) in [6.45, 7) is 10.4. The van der Waals surface area contributed by atoms with Gasteiger partial charge in [0.25, 0.3) is 5.91 Å². The average molecular weight is 560 g/mol. The van der Waals surface area contributed by atoms with E-state index in [2.05, 4.69) is 39.6 Å². The number of rotatable bonds is 12. The first-order chi connectivity index (χ1) is 17.9. The predicted molar refractivity (Wildman–Crippen MR) is 150 cm³/mol. The van der Waals surface area contributed by atoms with Crippen molar-refractivity contribution in [1.82, 2.24) is 24.6 Å². The van der Waals surface area contributed by atoms with Crippen LogP contribution in [0.1, 0.15) is 47.3 Å². The van der Waals surface area contributed by atoms with Crippen molar-refractivity contribution in [2.75, 3.05) is 19.4 Å². The molecule has 4 rings (SSSR count). The maximum Gasteiger partial charge on any atom is 0.255 e.